The number of aromatic nitrogens is 1. The van der Waals surface area contributed by atoms with Crippen LogP contribution in [0.3, 0.4) is 0 Å². The first-order valence-corrected chi connectivity index (χ1v) is 8.43. The molecule has 5 heteroatoms. The molecule has 2 rings (SSSR count). The minimum atomic E-state index is -0.523. The van der Waals surface area contributed by atoms with Gasteiger partial charge >= 0.3 is 6.09 Å². The standard InChI is InChI=1S/C16H17BrINO2/c1-10-12(6-5-7-13(10)18)14-8-11(17)9-19(14)15(20)21-16(2,3)4/h5-9H,1-4H3. The average Bonchev–Trinajstić information content (AvgIpc) is 2.73. The maximum atomic E-state index is 12.4. The zero-order chi connectivity index (χ0) is 15.8. The molecule has 0 bridgehead atoms. The molecule has 0 amide bonds. The highest BCUT2D eigenvalue weighted by molar-refractivity contribution is 14.1. The van der Waals surface area contributed by atoms with Gasteiger partial charge in [-0.25, -0.2) is 4.79 Å². The Morgan fingerprint density at radius 1 is 1.33 bits per heavy atom. The lowest BCUT2D eigenvalue weighted by molar-refractivity contribution is 0.0540. The molecule has 0 radical (unpaired) electrons. The summed E-state index contributed by atoms with van der Waals surface area (Å²) in [5.41, 5.74) is 2.48. The summed E-state index contributed by atoms with van der Waals surface area (Å²) in [4.78, 5) is 12.4. The fourth-order valence-corrected chi connectivity index (χ4v) is 2.90. The highest BCUT2D eigenvalue weighted by atomic mass is 127. The molecule has 3 nitrogen and oxygen atoms in total. The van der Waals surface area contributed by atoms with Crippen LogP contribution >= 0.6 is 38.5 Å². The second kappa shape index (κ2) is 6.12. The van der Waals surface area contributed by atoms with E-state index in [4.69, 9.17) is 4.74 Å². The lowest BCUT2D eigenvalue weighted by Gasteiger charge is -2.20. The van der Waals surface area contributed by atoms with Crippen molar-refractivity contribution in [1.82, 2.24) is 4.57 Å². The fraction of sp³-hybridized carbons (Fsp3) is 0.312. The molecule has 0 unspecified atom stereocenters. The molecular formula is C16H17BrINO2. The van der Waals surface area contributed by atoms with Crippen LogP contribution in [-0.2, 0) is 4.74 Å². The Labute approximate surface area is 147 Å². The third-order valence-corrected chi connectivity index (χ3v) is 4.52. The summed E-state index contributed by atoms with van der Waals surface area (Å²) in [7, 11) is 0. The smallest absolute Gasteiger partial charge is 0.419 e. The van der Waals surface area contributed by atoms with E-state index in [1.54, 1.807) is 10.8 Å². The zero-order valence-corrected chi connectivity index (χ0v) is 16.1. The first-order valence-electron chi connectivity index (χ1n) is 6.56. The summed E-state index contributed by atoms with van der Waals surface area (Å²) in [6.07, 6.45) is 1.37. The van der Waals surface area contributed by atoms with E-state index >= 15 is 0 Å². The second-order valence-corrected chi connectivity index (χ2v) is 7.88. The van der Waals surface area contributed by atoms with Crippen LogP contribution in [0.1, 0.15) is 26.3 Å². The molecule has 0 fully saturated rings. The van der Waals surface area contributed by atoms with Gasteiger partial charge in [0.25, 0.3) is 0 Å². The molecule has 0 N–H and O–H groups in total. The van der Waals surface area contributed by atoms with Crippen molar-refractivity contribution in [1.29, 1.82) is 0 Å². The van der Waals surface area contributed by atoms with Gasteiger partial charge in [0.2, 0.25) is 0 Å². The minimum Gasteiger partial charge on any atom is -0.443 e. The van der Waals surface area contributed by atoms with Crippen molar-refractivity contribution in [3.8, 4) is 11.3 Å². The number of nitrogens with zero attached hydrogens (tertiary/aromatic N) is 1. The highest BCUT2D eigenvalue weighted by Crippen LogP contribution is 2.30. The lowest BCUT2D eigenvalue weighted by Crippen LogP contribution is -2.27. The summed E-state index contributed by atoms with van der Waals surface area (Å²) >= 11 is 5.74. The number of ether oxygens (including phenoxy) is 1. The summed E-state index contributed by atoms with van der Waals surface area (Å²) in [6, 6.07) is 7.99. The summed E-state index contributed by atoms with van der Waals surface area (Å²) < 4.78 is 9.03. The molecule has 112 valence electrons. The van der Waals surface area contributed by atoms with Gasteiger partial charge in [-0.2, -0.15) is 0 Å². The second-order valence-electron chi connectivity index (χ2n) is 5.81. The third-order valence-electron chi connectivity index (χ3n) is 2.92. The fourth-order valence-electron chi connectivity index (χ4n) is 1.98. The number of hydrogen-bond acceptors (Lipinski definition) is 2. The number of halogens is 2. The van der Waals surface area contributed by atoms with Crippen molar-refractivity contribution < 1.29 is 9.53 Å². The van der Waals surface area contributed by atoms with Crippen LogP contribution in [0.15, 0.2) is 34.9 Å². The van der Waals surface area contributed by atoms with Gasteiger partial charge in [-0.15, -0.1) is 0 Å². The van der Waals surface area contributed by atoms with Crippen LogP contribution in [0.4, 0.5) is 4.79 Å². The van der Waals surface area contributed by atoms with Crippen molar-refractivity contribution in [2.45, 2.75) is 33.3 Å². The van der Waals surface area contributed by atoms with Crippen LogP contribution in [0.25, 0.3) is 11.3 Å². The summed E-state index contributed by atoms with van der Waals surface area (Å²) in [5.74, 6) is 0. The normalized spacial score (nSPS) is 11.5. The quantitative estimate of drug-likeness (QED) is 0.516. The molecular weight excluding hydrogens is 445 g/mol. The number of carbonyl (C=O) groups is 1. The summed E-state index contributed by atoms with van der Waals surface area (Å²) in [6.45, 7) is 7.64. The van der Waals surface area contributed by atoms with E-state index in [-0.39, 0.29) is 6.09 Å². The van der Waals surface area contributed by atoms with Gasteiger partial charge in [-0.1, -0.05) is 12.1 Å². The van der Waals surface area contributed by atoms with Crippen molar-refractivity contribution in [2.24, 2.45) is 0 Å². The number of rotatable bonds is 1. The molecule has 0 spiro atoms. The van der Waals surface area contributed by atoms with Crippen LogP contribution in [0, 0.1) is 10.5 Å². The van der Waals surface area contributed by atoms with E-state index in [2.05, 4.69) is 51.5 Å². The summed E-state index contributed by atoms with van der Waals surface area (Å²) in [5, 5.41) is 0. The number of carbonyl (C=O) groups excluding carboxylic acids is 1. The Balaban J connectivity index is 2.51. The van der Waals surface area contributed by atoms with Gasteiger partial charge in [0.1, 0.15) is 5.60 Å². The van der Waals surface area contributed by atoms with Crippen molar-refractivity contribution in [3.05, 3.63) is 44.1 Å². The number of hydrogen-bond donors (Lipinski definition) is 0. The van der Waals surface area contributed by atoms with Gasteiger partial charge in [0, 0.05) is 19.8 Å². The highest BCUT2D eigenvalue weighted by Gasteiger charge is 2.21. The maximum Gasteiger partial charge on any atom is 0.419 e. The molecule has 0 aliphatic carbocycles. The van der Waals surface area contributed by atoms with Gasteiger partial charge in [-0.3, -0.25) is 4.57 Å². The first-order chi connectivity index (χ1) is 9.69. The van der Waals surface area contributed by atoms with E-state index in [0.717, 1.165) is 24.9 Å². The SMILES string of the molecule is Cc1c(I)cccc1-c1cc(Br)cn1C(=O)OC(C)(C)C. The van der Waals surface area contributed by atoms with Crippen LogP contribution in [0.5, 0.6) is 0 Å². The van der Waals surface area contributed by atoms with Crippen LogP contribution < -0.4 is 0 Å². The Kier molecular flexibility index (Phi) is 4.82. The first kappa shape index (κ1) is 16.5. The minimum absolute atomic E-state index is 0.374. The van der Waals surface area contributed by atoms with Gasteiger partial charge in [0.05, 0.1) is 5.69 Å². The molecule has 1 aromatic heterocycles. The Bertz CT molecular complexity index is 686. The van der Waals surface area contributed by atoms with Crippen molar-refractivity contribution in [2.75, 3.05) is 0 Å². The number of benzene rings is 1. The predicted molar refractivity (Wildman–Crippen MR) is 96.7 cm³/mol. The van der Waals surface area contributed by atoms with E-state index in [1.165, 1.54) is 0 Å². The van der Waals surface area contributed by atoms with Gasteiger partial charge in [-0.05, 0) is 83.9 Å². The van der Waals surface area contributed by atoms with E-state index < -0.39 is 5.60 Å². The molecule has 0 saturated carbocycles. The Hall–Kier alpha value is -0.820. The molecule has 0 aliphatic heterocycles. The van der Waals surface area contributed by atoms with Crippen LogP contribution in [-0.4, -0.2) is 16.3 Å². The third kappa shape index (κ3) is 3.88. The Morgan fingerprint density at radius 3 is 2.62 bits per heavy atom. The van der Waals surface area contributed by atoms with E-state index in [9.17, 15) is 4.79 Å². The molecule has 21 heavy (non-hydrogen) atoms. The molecule has 2 aromatic rings. The van der Waals surface area contributed by atoms with E-state index in [1.807, 2.05) is 39.0 Å². The molecule has 0 atom stereocenters. The lowest BCUT2D eigenvalue weighted by atomic mass is 10.1. The molecule has 1 heterocycles. The largest absolute Gasteiger partial charge is 0.443 e. The zero-order valence-electron chi connectivity index (χ0n) is 12.4. The molecule has 0 aliphatic rings. The van der Waals surface area contributed by atoms with Gasteiger partial charge in [0.15, 0.2) is 0 Å². The molecule has 0 saturated heterocycles. The van der Waals surface area contributed by atoms with Crippen LogP contribution in [0.2, 0.25) is 0 Å². The van der Waals surface area contributed by atoms with Crippen molar-refractivity contribution >= 4 is 44.6 Å². The molecule has 1 aromatic carbocycles. The monoisotopic (exact) mass is 461 g/mol. The van der Waals surface area contributed by atoms with E-state index in [0.29, 0.717) is 0 Å². The topological polar surface area (TPSA) is 31.2 Å². The maximum absolute atomic E-state index is 12.4. The van der Waals surface area contributed by atoms with Gasteiger partial charge < -0.3 is 4.74 Å². The average molecular weight is 462 g/mol. The Morgan fingerprint density at radius 2 is 2.00 bits per heavy atom. The van der Waals surface area contributed by atoms with Crippen molar-refractivity contribution in [3.63, 3.8) is 0 Å². The predicted octanol–water partition coefficient (Wildman–Crippen LogP) is 5.61.